The Morgan fingerprint density at radius 2 is 0.803 bits per heavy atom. The minimum absolute atomic E-state index is 0.0436. The summed E-state index contributed by atoms with van der Waals surface area (Å²) in [5, 5.41) is 7.80. The number of nitrogens with zero attached hydrogens (tertiary/aromatic N) is 4. The Bertz CT molecular complexity index is 5000. The van der Waals surface area contributed by atoms with Gasteiger partial charge in [-0.25, -0.2) is 0 Å². The van der Waals surface area contributed by atoms with Gasteiger partial charge >= 0.3 is 13.7 Å². The monoisotopic (exact) mass is 968 g/mol. The standard InChI is InChI=1S/C70H50B2N4/c1-69(2,3)41-30-26-39(27-31-41)43-34-37-50-64-60(43)47-36-35-46-44-16-7-11-22-55(44)73-57-24-13-9-20-53(57)71(61(47)65(46)73)76(64)67-49-19-15-18-48-59-51(40-28-32-42(33-29-40)70(4,5)6)38-52-45-17-8-12-23-56(45)74-58-25-14-10-21-54(58)72(62(59)66(52)74)75(63(48)49)68(50)67/h7-38H,1-6H3. The summed E-state index contributed by atoms with van der Waals surface area (Å²) in [6.45, 7) is 13.7. The van der Waals surface area contributed by atoms with Crippen LogP contribution in [0.15, 0.2) is 194 Å². The fraction of sp³-hybridized carbons (Fsp3) is 0.114. The smallest absolute Gasteiger partial charge is 0.333 e. The van der Waals surface area contributed by atoms with E-state index in [1.54, 1.807) is 0 Å². The molecule has 18 rings (SSSR count). The van der Waals surface area contributed by atoms with Crippen LogP contribution in [0, 0.1) is 0 Å². The number of para-hydroxylation sites is 5. The van der Waals surface area contributed by atoms with E-state index in [1.807, 2.05) is 0 Å². The van der Waals surface area contributed by atoms with Crippen LogP contribution < -0.4 is 21.9 Å². The first-order valence-electron chi connectivity index (χ1n) is 27.3. The zero-order valence-corrected chi connectivity index (χ0v) is 43.4. The number of benzene rings is 10. The SMILES string of the molecule is CC(C)(C)c1ccc(-c2cc3c4ccccc4n4c3c3c2-c2cccc5c2n(c2c6ccc(-c7ccc(C(C)(C)C)cc7)c7c6n(c52)B2c5ccccc5-n5c6ccccc6c6ccc-7c2c65)B3c2ccccc2-4)cc1. The molecule has 0 fully saturated rings. The molecule has 4 aliphatic rings. The van der Waals surface area contributed by atoms with Crippen LogP contribution in [0.2, 0.25) is 0 Å². The van der Waals surface area contributed by atoms with Crippen LogP contribution in [0.25, 0.3) is 132 Å². The highest BCUT2D eigenvalue weighted by atomic mass is 15.1. The zero-order valence-electron chi connectivity index (χ0n) is 43.4. The van der Waals surface area contributed by atoms with Crippen LogP contribution in [-0.4, -0.2) is 31.8 Å². The van der Waals surface area contributed by atoms with Crippen LogP contribution in [0.1, 0.15) is 52.7 Å². The summed E-state index contributed by atoms with van der Waals surface area (Å²) < 4.78 is 10.8. The minimum atomic E-state index is -0.0997. The topological polar surface area (TPSA) is 19.7 Å². The van der Waals surface area contributed by atoms with Gasteiger partial charge in [0.05, 0.1) is 33.1 Å². The number of hydrogen-bond donors (Lipinski definition) is 0. The maximum atomic E-state index is 2.83. The number of aromatic nitrogens is 4. The van der Waals surface area contributed by atoms with Crippen molar-refractivity contribution in [3.8, 4) is 55.9 Å². The summed E-state index contributed by atoms with van der Waals surface area (Å²) in [5.41, 5.74) is 31.5. The van der Waals surface area contributed by atoms with Gasteiger partial charge in [-0.15, -0.1) is 0 Å². The number of hydrogen-bond acceptors (Lipinski definition) is 0. The third-order valence-electron chi connectivity index (χ3n) is 18.5. The highest BCUT2D eigenvalue weighted by molar-refractivity contribution is 6.92. The first-order chi connectivity index (χ1) is 37.0. The van der Waals surface area contributed by atoms with Crippen LogP contribution in [0.5, 0.6) is 0 Å². The average molecular weight is 969 g/mol. The maximum absolute atomic E-state index is 2.83. The van der Waals surface area contributed by atoms with Crippen molar-refractivity contribution in [1.29, 1.82) is 0 Å². The first kappa shape index (κ1) is 41.6. The van der Waals surface area contributed by atoms with Crippen LogP contribution in [-0.2, 0) is 10.8 Å². The number of fused-ring (bicyclic) bond motifs is 21. The van der Waals surface area contributed by atoms with E-state index in [0.717, 1.165) is 0 Å². The van der Waals surface area contributed by atoms with E-state index < -0.39 is 0 Å². The summed E-state index contributed by atoms with van der Waals surface area (Å²) >= 11 is 0. The molecule has 76 heavy (non-hydrogen) atoms. The molecule has 0 saturated carbocycles. The molecule has 6 heteroatoms. The molecule has 14 aromatic rings. The molecule has 8 heterocycles. The van der Waals surface area contributed by atoms with Crippen molar-refractivity contribution in [3.63, 3.8) is 0 Å². The van der Waals surface area contributed by atoms with E-state index in [2.05, 4.69) is 254 Å². The van der Waals surface area contributed by atoms with Crippen molar-refractivity contribution in [3.05, 3.63) is 205 Å². The van der Waals surface area contributed by atoms with Crippen LogP contribution >= 0.6 is 0 Å². The largest absolute Gasteiger partial charge is 0.374 e. The highest BCUT2D eigenvalue weighted by Crippen LogP contribution is 2.53. The van der Waals surface area contributed by atoms with Gasteiger partial charge in [-0.05, 0) is 108 Å². The quantitative estimate of drug-likeness (QED) is 0.154. The van der Waals surface area contributed by atoms with Crippen molar-refractivity contribution in [2.45, 2.75) is 52.4 Å². The lowest BCUT2D eigenvalue weighted by Gasteiger charge is -2.35. The van der Waals surface area contributed by atoms with Gasteiger partial charge < -0.3 is 18.1 Å². The summed E-state index contributed by atoms with van der Waals surface area (Å²) in [6.07, 6.45) is 0. The van der Waals surface area contributed by atoms with Gasteiger partial charge in [0.25, 0.3) is 0 Å². The lowest BCUT2D eigenvalue weighted by Crippen LogP contribution is -2.55. The third kappa shape index (κ3) is 4.87. The van der Waals surface area contributed by atoms with Crippen molar-refractivity contribution in [2.75, 3.05) is 0 Å². The molecule has 10 aromatic carbocycles. The fourth-order valence-electron chi connectivity index (χ4n) is 15.2. The van der Waals surface area contributed by atoms with E-state index in [1.165, 1.54) is 165 Å². The average Bonchev–Trinajstić information content (AvgIpc) is 4.23. The van der Waals surface area contributed by atoms with E-state index in [9.17, 15) is 0 Å². The predicted octanol–water partition coefficient (Wildman–Crippen LogP) is 14.8. The molecule has 0 radical (unpaired) electrons. The van der Waals surface area contributed by atoms with Gasteiger partial charge in [0.15, 0.2) is 0 Å². The molecule has 0 spiro atoms. The molecule has 0 bridgehead atoms. The van der Waals surface area contributed by atoms with Crippen molar-refractivity contribution in [1.82, 2.24) is 18.1 Å². The predicted molar refractivity (Wildman–Crippen MR) is 324 cm³/mol. The lowest BCUT2D eigenvalue weighted by atomic mass is 9.45. The second kappa shape index (κ2) is 13.8. The summed E-state index contributed by atoms with van der Waals surface area (Å²) in [7, 11) is 0. The van der Waals surface area contributed by atoms with Gasteiger partial charge in [-0.1, -0.05) is 205 Å². The Kier molecular flexibility index (Phi) is 7.53. The lowest BCUT2D eigenvalue weighted by molar-refractivity contribution is 0.590. The Labute approximate surface area is 441 Å². The Morgan fingerprint density at radius 3 is 1.43 bits per heavy atom. The highest BCUT2D eigenvalue weighted by Gasteiger charge is 2.47. The van der Waals surface area contributed by atoms with Crippen LogP contribution in [0.3, 0.4) is 0 Å². The first-order valence-corrected chi connectivity index (χ1v) is 27.3. The minimum Gasteiger partial charge on any atom is -0.374 e. The normalized spacial score (nSPS) is 13.9. The van der Waals surface area contributed by atoms with Crippen molar-refractivity contribution >= 4 is 112 Å². The van der Waals surface area contributed by atoms with Crippen LogP contribution in [0.4, 0.5) is 0 Å². The molecule has 0 amide bonds. The molecule has 0 unspecified atom stereocenters. The van der Waals surface area contributed by atoms with Crippen molar-refractivity contribution < 1.29 is 0 Å². The third-order valence-corrected chi connectivity index (χ3v) is 18.5. The molecule has 4 aliphatic heterocycles. The molecule has 4 aromatic heterocycles. The number of rotatable bonds is 2. The van der Waals surface area contributed by atoms with E-state index in [-0.39, 0.29) is 24.5 Å². The Balaban J connectivity index is 1.04. The van der Waals surface area contributed by atoms with Gasteiger partial charge in [-0.3, -0.25) is 0 Å². The second-order valence-electron chi connectivity index (χ2n) is 24.3. The molecule has 4 nitrogen and oxygen atoms in total. The molecule has 0 aliphatic carbocycles. The summed E-state index contributed by atoms with van der Waals surface area (Å²) in [4.78, 5) is 0. The Morgan fingerprint density at radius 1 is 0.316 bits per heavy atom. The molecular weight excluding hydrogens is 918 g/mol. The molecule has 0 saturated heterocycles. The van der Waals surface area contributed by atoms with Gasteiger partial charge in [0.1, 0.15) is 0 Å². The van der Waals surface area contributed by atoms with Crippen molar-refractivity contribution in [2.24, 2.45) is 0 Å². The van der Waals surface area contributed by atoms with E-state index in [0.29, 0.717) is 0 Å². The van der Waals surface area contributed by atoms with Gasteiger partial charge in [-0.2, -0.15) is 0 Å². The summed E-state index contributed by atoms with van der Waals surface area (Å²) in [5.74, 6) is 0. The maximum Gasteiger partial charge on any atom is 0.333 e. The van der Waals surface area contributed by atoms with E-state index in [4.69, 9.17) is 0 Å². The van der Waals surface area contributed by atoms with Gasteiger partial charge in [0.2, 0.25) is 0 Å². The molecule has 356 valence electrons. The molecule has 0 N–H and O–H groups in total. The van der Waals surface area contributed by atoms with E-state index >= 15 is 0 Å². The molecule has 0 atom stereocenters. The fourth-order valence-corrected chi connectivity index (χ4v) is 15.2. The zero-order chi connectivity index (χ0) is 50.4. The summed E-state index contributed by atoms with van der Waals surface area (Å²) in [6, 6.07) is 75.3. The molecular formula is C70H50B2N4. The second-order valence-corrected chi connectivity index (χ2v) is 24.3. The van der Waals surface area contributed by atoms with Gasteiger partial charge in [0, 0.05) is 65.9 Å². The Hall–Kier alpha value is -8.73.